The van der Waals surface area contributed by atoms with E-state index in [0.717, 1.165) is 28.7 Å². The lowest BCUT2D eigenvalue weighted by molar-refractivity contribution is -0.137. The van der Waals surface area contributed by atoms with Crippen LogP contribution in [0.15, 0.2) is 61.1 Å². The Morgan fingerprint density at radius 3 is 2.63 bits per heavy atom. The van der Waals surface area contributed by atoms with Crippen LogP contribution in [0.2, 0.25) is 0 Å². The SMILES string of the molecule is Cl.FC(F)(F)c1cccc(Nc2nccc(-c3ccc4[nH]cnc4c3)n2)c1. The van der Waals surface area contributed by atoms with Crippen molar-refractivity contribution in [2.45, 2.75) is 6.18 Å². The van der Waals surface area contributed by atoms with Gasteiger partial charge in [-0.05, 0) is 36.4 Å². The summed E-state index contributed by atoms with van der Waals surface area (Å²) < 4.78 is 38.5. The number of alkyl halides is 3. The molecule has 4 rings (SSSR count). The maximum absolute atomic E-state index is 12.8. The first-order valence-corrected chi connectivity index (χ1v) is 7.70. The summed E-state index contributed by atoms with van der Waals surface area (Å²) >= 11 is 0. The van der Waals surface area contributed by atoms with Gasteiger partial charge in [0.25, 0.3) is 0 Å². The van der Waals surface area contributed by atoms with Gasteiger partial charge in [0.05, 0.1) is 28.6 Å². The van der Waals surface area contributed by atoms with Gasteiger partial charge in [0, 0.05) is 17.4 Å². The second-order valence-electron chi connectivity index (χ2n) is 5.60. The van der Waals surface area contributed by atoms with E-state index < -0.39 is 11.7 Å². The van der Waals surface area contributed by atoms with E-state index in [-0.39, 0.29) is 24.0 Å². The highest BCUT2D eigenvalue weighted by Gasteiger charge is 2.30. The van der Waals surface area contributed by atoms with Crippen LogP contribution in [0.4, 0.5) is 24.8 Å². The molecule has 9 heteroatoms. The number of aromatic amines is 1. The molecule has 0 saturated carbocycles. The van der Waals surface area contributed by atoms with Gasteiger partial charge in [-0.15, -0.1) is 12.4 Å². The van der Waals surface area contributed by atoms with Gasteiger partial charge in [-0.3, -0.25) is 0 Å². The number of H-pyrrole nitrogens is 1. The second-order valence-corrected chi connectivity index (χ2v) is 5.60. The van der Waals surface area contributed by atoms with E-state index >= 15 is 0 Å². The van der Waals surface area contributed by atoms with E-state index in [4.69, 9.17) is 0 Å². The van der Waals surface area contributed by atoms with Gasteiger partial charge in [0.1, 0.15) is 0 Å². The first-order valence-electron chi connectivity index (χ1n) is 7.70. The molecule has 0 amide bonds. The van der Waals surface area contributed by atoms with E-state index in [9.17, 15) is 13.2 Å². The Hall–Kier alpha value is -3.13. The van der Waals surface area contributed by atoms with E-state index in [1.165, 1.54) is 12.1 Å². The quantitative estimate of drug-likeness (QED) is 0.503. The van der Waals surface area contributed by atoms with Crippen LogP contribution >= 0.6 is 12.4 Å². The number of rotatable bonds is 3. The first kappa shape index (κ1) is 18.7. The van der Waals surface area contributed by atoms with E-state index in [2.05, 4.69) is 25.3 Å². The van der Waals surface area contributed by atoms with Crippen molar-refractivity contribution in [3.63, 3.8) is 0 Å². The summed E-state index contributed by atoms with van der Waals surface area (Å²) in [5.74, 6) is 0.212. The third-order valence-corrected chi connectivity index (χ3v) is 3.82. The molecule has 0 spiro atoms. The summed E-state index contributed by atoms with van der Waals surface area (Å²) in [5, 5.41) is 2.81. The van der Waals surface area contributed by atoms with Crippen molar-refractivity contribution in [3.8, 4) is 11.3 Å². The van der Waals surface area contributed by atoms with Crippen LogP contribution < -0.4 is 5.32 Å². The van der Waals surface area contributed by atoms with Crippen molar-refractivity contribution in [2.75, 3.05) is 5.32 Å². The number of aromatic nitrogens is 4. The van der Waals surface area contributed by atoms with Crippen LogP contribution in [0.1, 0.15) is 5.56 Å². The molecule has 2 N–H and O–H groups in total. The molecule has 0 unspecified atom stereocenters. The molecule has 0 saturated heterocycles. The average molecular weight is 392 g/mol. The summed E-state index contributed by atoms with van der Waals surface area (Å²) in [7, 11) is 0. The minimum atomic E-state index is -4.40. The Morgan fingerprint density at radius 2 is 1.81 bits per heavy atom. The number of halogens is 4. The molecule has 2 aromatic heterocycles. The molecule has 138 valence electrons. The molecule has 27 heavy (non-hydrogen) atoms. The van der Waals surface area contributed by atoms with E-state index in [0.29, 0.717) is 5.69 Å². The first-order chi connectivity index (χ1) is 12.5. The smallest absolute Gasteiger partial charge is 0.345 e. The molecule has 0 fully saturated rings. The normalized spacial score (nSPS) is 11.2. The fourth-order valence-corrected chi connectivity index (χ4v) is 2.57. The zero-order valence-corrected chi connectivity index (χ0v) is 14.5. The van der Waals surface area contributed by atoms with Crippen molar-refractivity contribution < 1.29 is 13.2 Å². The van der Waals surface area contributed by atoms with Gasteiger partial charge < -0.3 is 10.3 Å². The largest absolute Gasteiger partial charge is 0.416 e. The molecule has 5 nitrogen and oxygen atoms in total. The Labute approximate surface area is 158 Å². The van der Waals surface area contributed by atoms with Gasteiger partial charge >= 0.3 is 6.18 Å². The van der Waals surface area contributed by atoms with Crippen LogP contribution in [0.5, 0.6) is 0 Å². The molecule has 0 atom stereocenters. The van der Waals surface area contributed by atoms with Crippen molar-refractivity contribution in [1.82, 2.24) is 19.9 Å². The number of imidazole rings is 1. The van der Waals surface area contributed by atoms with Gasteiger partial charge in [0.15, 0.2) is 0 Å². The van der Waals surface area contributed by atoms with Gasteiger partial charge in [-0.1, -0.05) is 12.1 Å². The molecule has 0 bridgehead atoms. The topological polar surface area (TPSA) is 66.5 Å². The third-order valence-electron chi connectivity index (χ3n) is 3.82. The zero-order chi connectivity index (χ0) is 18.1. The highest BCUT2D eigenvalue weighted by atomic mass is 35.5. The maximum Gasteiger partial charge on any atom is 0.416 e. The van der Waals surface area contributed by atoms with Crippen LogP contribution in [-0.4, -0.2) is 19.9 Å². The average Bonchev–Trinajstić information content (AvgIpc) is 3.09. The number of hydrogen-bond acceptors (Lipinski definition) is 4. The molecule has 0 aliphatic carbocycles. The second kappa shape index (κ2) is 7.24. The van der Waals surface area contributed by atoms with Crippen molar-refractivity contribution >= 4 is 35.1 Å². The summed E-state index contributed by atoms with van der Waals surface area (Å²) in [6, 6.07) is 12.3. The molecule has 0 aliphatic rings. The summed E-state index contributed by atoms with van der Waals surface area (Å²) in [4.78, 5) is 15.7. The Bertz CT molecular complexity index is 1080. The van der Waals surface area contributed by atoms with Gasteiger partial charge in [-0.2, -0.15) is 13.2 Å². The molecule has 2 heterocycles. The highest BCUT2D eigenvalue weighted by Crippen LogP contribution is 2.31. The monoisotopic (exact) mass is 391 g/mol. The summed E-state index contributed by atoms with van der Waals surface area (Å²) in [6.07, 6.45) is -1.25. The zero-order valence-electron chi connectivity index (χ0n) is 13.7. The molecule has 2 aromatic carbocycles. The fraction of sp³-hybridized carbons (Fsp3) is 0.0556. The lowest BCUT2D eigenvalue weighted by Gasteiger charge is -2.10. The van der Waals surface area contributed by atoms with Gasteiger partial charge in [0.2, 0.25) is 5.95 Å². The molecule has 0 radical (unpaired) electrons. The lowest BCUT2D eigenvalue weighted by Crippen LogP contribution is -2.05. The van der Waals surface area contributed by atoms with E-state index in [1.54, 1.807) is 18.6 Å². The van der Waals surface area contributed by atoms with E-state index in [1.807, 2.05) is 18.2 Å². The lowest BCUT2D eigenvalue weighted by atomic mass is 10.1. The minimum absolute atomic E-state index is 0. The molecular formula is C18H13ClF3N5. The number of fused-ring (bicyclic) bond motifs is 1. The van der Waals surface area contributed by atoms with Crippen molar-refractivity contribution in [3.05, 3.63) is 66.6 Å². The predicted octanol–water partition coefficient (Wildman–Crippen LogP) is 5.20. The number of nitrogens with one attached hydrogen (secondary N) is 2. The summed E-state index contributed by atoms with van der Waals surface area (Å²) in [5.41, 5.74) is 2.71. The number of anilines is 2. The fourth-order valence-electron chi connectivity index (χ4n) is 2.57. The Morgan fingerprint density at radius 1 is 0.963 bits per heavy atom. The molecule has 4 aromatic rings. The molecular weight excluding hydrogens is 379 g/mol. The third kappa shape index (κ3) is 4.01. The predicted molar refractivity (Wildman–Crippen MR) is 99.1 cm³/mol. The summed E-state index contributed by atoms with van der Waals surface area (Å²) in [6.45, 7) is 0. The number of hydrogen-bond donors (Lipinski definition) is 2. The highest BCUT2D eigenvalue weighted by molar-refractivity contribution is 5.85. The Kier molecular flexibility index (Phi) is 5.00. The van der Waals surface area contributed by atoms with Gasteiger partial charge in [-0.25, -0.2) is 15.0 Å². The minimum Gasteiger partial charge on any atom is -0.345 e. The van der Waals surface area contributed by atoms with Crippen LogP contribution in [-0.2, 0) is 6.18 Å². The van der Waals surface area contributed by atoms with Crippen LogP contribution in [0.3, 0.4) is 0 Å². The number of benzene rings is 2. The van der Waals surface area contributed by atoms with Crippen LogP contribution in [0, 0.1) is 0 Å². The standard InChI is InChI=1S/C18H12F3N5.ClH/c19-18(20,21)12-2-1-3-13(9-12)25-17-22-7-6-14(26-17)11-4-5-15-16(8-11)24-10-23-15;/h1-10H,(H,23,24)(H,22,25,26);1H. The van der Waals surface area contributed by atoms with Crippen LogP contribution in [0.25, 0.3) is 22.3 Å². The Balaban J connectivity index is 0.00000210. The van der Waals surface area contributed by atoms with Crippen molar-refractivity contribution in [2.24, 2.45) is 0 Å². The van der Waals surface area contributed by atoms with Crippen molar-refractivity contribution in [1.29, 1.82) is 0 Å². The number of nitrogens with zero attached hydrogens (tertiary/aromatic N) is 3. The maximum atomic E-state index is 12.8. The molecule has 0 aliphatic heterocycles.